The molecule has 0 bridgehead atoms. The molecule has 0 aliphatic rings. The van der Waals surface area contributed by atoms with Crippen molar-refractivity contribution in [3.63, 3.8) is 0 Å². The third-order valence-corrected chi connectivity index (χ3v) is 5.87. The van der Waals surface area contributed by atoms with E-state index < -0.39 is 17.9 Å². The van der Waals surface area contributed by atoms with Gasteiger partial charge in [-0.2, -0.15) is 0 Å². The first-order chi connectivity index (χ1) is 17.3. The van der Waals surface area contributed by atoms with E-state index in [2.05, 4.69) is 22.9 Å². The predicted molar refractivity (Wildman–Crippen MR) is 143 cm³/mol. The second-order valence-electron chi connectivity index (χ2n) is 9.07. The van der Waals surface area contributed by atoms with E-state index in [9.17, 15) is 19.5 Å². The van der Waals surface area contributed by atoms with E-state index in [1.165, 1.54) is 5.56 Å². The number of hydrogen-bond donors (Lipinski definition) is 4. The van der Waals surface area contributed by atoms with E-state index in [-0.39, 0.29) is 11.9 Å². The number of aryl methyl sites for hydroxylation is 1. The molecule has 188 valence electrons. The van der Waals surface area contributed by atoms with Gasteiger partial charge in [0.1, 0.15) is 6.04 Å². The summed E-state index contributed by atoms with van der Waals surface area (Å²) in [4.78, 5) is 36.1. The number of rotatable bonds is 10. The monoisotopic (exact) mass is 487 g/mol. The van der Waals surface area contributed by atoms with Crippen LogP contribution in [-0.2, 0) is 11.2 Å². The molecule has 1 atom stereocenters. The lowest BCUT2D eigenvalue weighted by Gasteiger charge is -2.18. The Bertz CT molecular complexity index is 1170. The molecule has 0 saturated heterocycles. The van der Waals surface area contributed by atoms with Gasteiger partial charge in [-0.05, 0) is 71.8 Å². The van der Waals surface area contributed by atoms with Crippen LogP contribution in [0.25, 0.3) is 11.1 Å². The van der Waals surface area contributed by atoms with E-state index in [4.69, 9.17) is 0 Å². The molecule has 0 saturated carbocycles. The Morgan fingerprint density at radius 1 is 0.778 bits per heavy atom. The Balaban J connectivity index is 1.56. The molecular weight excluding hydrogens is 454 g/mol. The van der Waals surface area contributed by atoms with Gasteiger partial charge in [0, 0.05) is 16.9 Å². The Labute approximate surface area is 211 Å². The van der Waals surface area contributed by atoms with Crippen molar-refractivity contribution in [3.05, 3.63) is 83.9 Å². The zero-order valence-electron chi connectivity index (χ0n) is 20.9. The molecule has 0 aromatic heterocycles. The Kier molecular flexibility index (Phi) is 9.22. The van der Waals surface area contributed by atoms with Crippen molar-refractivity contribution in [1.82, 2.24) is 5.32 Å². The second kappa shape index (κ2) is 12.5. The zero-order valence-corrected chi connectivity index (χ0v) is 20.9. The third-order valence-electron chi connectivity index (χ3n) is 5.87. The van der Waals surface area contributed by atoms with Gasteiger partial charge in [0.25, 0.3) is 5.91 Å². The number of urea groups is 1. The maximum Gasteiger partial charge on any atom is 0.326 e. The lowest BCUT2D eigenvalue weighted by Crippen LogP contribution is -2.44. The van der Waals surface area contributed by atoms with Crippen molar-refractivity contribution >= 4 is 29.3 Å². The molecule has 0 heterocycles. The van der Waals surface area contributed by atoms with Gasteiger partial charge in [-0.1, -0.05) is 63.6 Å². The van der Waals surface area contributed by atoms with Gasteiger partial charge in [-0.3, -0.25) is 4.79 Å². The Hall–Kier alpha value is -4.13. The summed E-state index contributed by atoms with van der Waals surface area (Å²) in [6.07, 6.45) is 3.33. The molecule has 0 radical (unpaired) electrons. The van der Waals surface area contributed by atoms with Gasteiger partial charge >= 0.3 is 12.0 Å². The van der Waals surface area contributed by atoms with Crippen LogP contribution >= 0.6 is 0 Å². The van der Waals surface area contributed by atoms with Crippen molar-refractivity contribution in [2.75, 3.05) is 10.6 Å². The molecule has 36 heavy (non-hydrogen) atoms. The number of nitrogens with one attached hydrogen (secondary N) is 3. The van der Waals surface area contributed by atoms with Crippen LogP contribution in [0.2, 0.25) is 0 Å². The van der Waals surface area contributed by atoms with Crippen molar-refractivity contribution < 1.29 is 19.5 Å². The van der Waals surface area contributed by atoms with Crippen LogP contribution in [0, 0.1) is 5.92 Å². The SMILES string of the molecule is CCCCc1ccc(NC(=O)Nc2ccc(-c3ccc(C(=O)N[C@@H](C(=O)O)C(C)C)cc3)cc2)cc1. The third kappa shape index (κ3) is 7.43. The average molecular weight is 488 g/mol. The fraction of sp³-hybridized carbons (Fsp3) is 0.276. The lowest BCUT2D eigenvalue weighted by molar-refractivity contribution is -0.140. The van der Waals surface area contributed by atoms with Crippen LogP contribution in [-0.4, -0.2) is 29.1 Å². The number of aliphatic carboxylic acids is 1. The van der Waals surface area contributed by atoms with Gasteiger partial charge in [0.05, 0.1) is 0 Å². The standard InChI is InChI=1S/C29H33N3O4/c1-4-5-6-20-7-15-24(16-8-20)30-29(36)31-25-17-13-22(14-18-25)21-9-11-23(12-10-21)27(33)32-26(19(2)3)28(34)35/h7-19,26H,4-6H2,1-3H3,(H,32,33)(H,34,35)(H2,30,31,36)/t26-/m1/s1. The smallest absolute Gasteiger partial charge is 0.326 e. The van der Waals surface area contributed by atoms with Crippen LogP contribution in [0.1, 0.15) is 49.5 Å². The van der Waals surface area contributed by atoms with Gasteiger partial charge in [-0.25, -0.2) is 9.59 Å². The number of benzene rings is 3. The van der Waals surface area contributed by atoms with Crippen LogP contribution in [0.15, 0.2) is 72.8 Å². The summed E-state index contributed by atoms with van der Waals surface area (Å²) in [5.74, 6) is -1.71. The first kappa shape index (κ1) is 26.5. The molecule has 3 aromatic carbocycles. The number of anilines is 2. The summed E-state index contributed by atoms with van der Waals surface area (Å²) >= 11 is 0. The van der Waals surface area contributed by atoms with Gasteiger partial charge in [-0.15, -0.1) is 0 Å². The van der Waals surface area contributed by atoms with E-state index in [0.717, 1.165) is 36.1 Å². The Morgan fingerprint density at radius 3 is 1.75 bits per heavy atom. The topological polar surface area (TPSA) is 108 Å². The second-order valence-corrected chi connectivity index (χ2v) is 9.07. The highest BCUT2D eigenvalue weighted by Crippen LogP contribution is 2.22. The number of carboxylic acid groups (broad SMARTS) is 1. The fourth-order valence-electron chi connectivity index (χ4n) is 3.73. The van der Waals surface area contributed by atoms with E-state index in [0.29, 0.717) is 11.3 Å². The molecule has 4 N–H and O–H groups in total. The summed E-state index contributed by atoms with van der Waals surface area (Å²) in [5.41, 5.74) is 4.84. The normalized spacial score (nSPS) is 11.6. The lowest BCUT2D eigenvalue weighted by atomic mass is 10.0. The highest BCUT2D eigenvalue weighted by molar-refractivity contribution is 6.00. The molecule has 3 rings (SSSR count). The zero-order chi connectivity index (χ0) is 26.1. The number of unbranched alkanes of at least 4 members (excludes halogenated alkanes) is 1. The van der Waals surface area contributed by atoms with Gasteiger partial charge in [0.15, 0.2) is 0 Å². The summed E-state index contributed by atoms with van der Waals surface area (Å²) in [5, 5.41) is 17.5. The molecular formula is C29H33N3O4. The predicted octanol–water partition coefficient (Wildman–Crippen LogP) is 6.18. The Morgan fingerprint density at radius 2 is 1.28 bits per heavy atom. The summed E-state index contributed by atoms with van der Waals surface area (Å²) < 4.78 is 0. The summed E-state index contributed by atoms with van der Waals surface area (Å²) in [6.45, 7) is 5.66. The van der Waals surface area contributed by atoms with Crippen molar-refractivity contribution in [2.24, 2.45) is 5.92 Å². The minimum Gasteiger partial charge on any atom is -0.480 e. The van der Waals surface area contributed by atoms with Crippen LogP contribution in [0.5, 0.6) is 0 Å². The summed E-state index contributed by atoms with van der Waals surface area (Å²) in [6, 6.07) is 20.9. The number of amides is 3. The maximum atomic E-state index is 12.4. The largest absolute Gasteiger partial charge is 0.480 e. The van der Waals surface area contributed by atoms with E-state index >= 15 is 0 Å². The number of carbonyl (C=O) groups excluding carboxylic acids is 2. The average Bonchev–Trinajstić information content (AvgIpc) is 2.87. The van der Waals surface area contributed by atoms with Crippen LogP contribution in [0.3, 0.4) is 0 Å². The molecule has 0 spiro atoms. The van der Waals surface area contributed by atoms with Gasteiger partial charge in [0.2, 0.25) is 0 Å². The number of carbonyl (C=O) groups is 3. The van der Waals surface area contributed by atoms with Crippen molar-refractivity contribution in [1.29, 1.82) is 0 Å². The maximum absolute atomic E-state index is 12.4. The van der Waals surface area contributed by atoms with E-state index in [1.54, 1.807) is 38.1 Å². The number of hydrogen-bond acceptors (Lipinski definition) is 3. The van der Waals surface area contributed by atoms with Crippen LogP contribution in [0.4, 0.5) is 16.2 Å². The number of carboxylic acids is 1. The molecule has 3 aromatic rings. The molecule has 3 amide bonds. The highest BCUT2D eigenvalue weighted by Gasteiger charge is 2.23. The minimum atomic E-state index is -1.06. The van der Waals surface area contributed by atoms with Crippen molar-refractivity contribution in [3.8, 4) is 11.1 Å². The summed E-state index contributed by atoms with van der Waals surface area (Å²) in [7, 11) is 0. The quantitative estimate of drug-likeness (QED) is 0.274. The molecule has 7 heteroatoms. The first-order valence-corrected chi connectivity index (χ1v) is 12.2. The first-order valence-electron chi connectivity index (χ1n) is 12.2. The highest BCUT2D eigenvalue weighted by atomic mass is 16.4. The minimum absolute atomic E-state index is 0.226. The molecule has 0 aliphatic carbocycles. The van der Waals surface area contributed by atoms with Crippen molar-refractivity contribution in [2.45, 2.75) is 46.1 Å². The van der Waals surface area contributed by atoms with E-state index in [1.807, 2.05) is 48.5 Å². The molecule has 0 unspecified atom stereocenters. The van der Waals surface area contributed by atoms with Gasteiger partial charge < -0.3 is 21.1 Å². The molecule has 7 nitrogen and oxygen atoms in total. The fourth-order valence-corrected chi connectivity index (χ4v) is 3.73. The molecule has 0 aliphatic heterocycles. The molecule has 0 fully saturated rings. The van der Waals surface area contributed by atoms with Crippen LogP contribution < -0.4 is 16.0 Å².